The smallest absolute Gasteiger partial charge is 0.0545 e. The quantitative estimate of drug-likeness (QED) is 0.607. The molecule has 25 heavy (non-hydrogen) atoms. The van der Waals surface area contributed by atoms with E-state index >= 15 is 0 Å². The molecule has 4 saturated carbocycles. The van der Waals surface area contributed by atoms with Gasteiger partial charge in [0.25, 0.3) is 0 Å². The lowest BCUT2D eigenvalue weighted by molar-refractivity contribution is -0.127. The van der Waals surface area contributed by atoms with Gasteiger partial charge in [-0.15, -0.1) is 0 Å². The molecule has 0 aliphatic heterocycles. The van der Waals surface area contributed by atoms with Crippen LogP contribution >= 0.6 is 0 Å². The summed E-state index contributed by atoms with van der Waals surface area (Å²) in [4.78, 5) is 0. The third-order valence-electron chi connectivity index (χ3n) is 9.90. The van der Waals surface area contributed by atoms with Crippen LogP contribution in [-0.2, 0) is 0 Å². The molecule has 4 aliphatic rings. The van der Waals surface area contributed by atoms with Crippen molar-refractivity contribution in [2.24, 2.45) is 46.3 Å². The first-order valence-electron chi connectivity index (χ1n) is 11.7. The van der Waals surface area contributed by atoms with Crippen molar-refractivity contribution in [3.8, 4) is 0 Å². The van der Waals surface area contributed by atoms with E-state index in [0.717, 1.165) is 29.6 Å². The Morgan fingerprint density at radius 3 is 2.32 bits per heavy atom. The standard InChI is InChI=1S/C24H42O/c1-5-14-24(18-7-8-18)17(6-2)9-10-19-21-12-11-20(16(3)25)23(21,4)15-13-22(19)24/h16-22,25H,5-15H2,1-4H3. The van der Waals surface area contributed by atoms with Crippen LogP contribution in [0.25, 0.3) is 0 Å². The third-order valence-corrected chi connectivity index (χ3v) is 9.90. The normalized spacial score (nSPS) is 51.0. The highest BCUT2D eigenvalue weighted by atomic mass is 16.3. The van der Waals surface area contributed by atoms with Gasteiger partial charge in [-0.3, -0.25) is 0 Å². The Balaban J connectivity index is 1.67. The summed E-state index contributed by atoms with van der Waals surface area (Å²) in [5, 5.41) is 10.4. The van der Waals surface area contributed by atoms with Crippen molar-refractivity contribution in [2.75, 3.05) is 0 Å². The van der Waals surface area contributed by atoms with Crippen LogP contribution < -0.4 is 0 Å². The highest BCUT2D eigenvalue weighted by molar-refractivity contribution is 5.12. The van der Waals surface area contributed by atoms with Gasteiger partial charge in [-0.05, 0) is 111 Å². The number of aliphatic hydroxyl groups is 1. The fourth-order valence-electron chi connectivity index (χ4n) is 9.02. The first-order chi connectivity index (χ1) is 12.0. The topological polar surface area (TPSA) is 20.2 Å². The van der Waals surface area contributed by atoms with Crippen LogP contribution in [0.1, 0.15) is 98.3 Å². The van der Waals surface area contributed by atoms with Gasteiger partial charge >= 0.3 is 0 Å². The minimum atomic E-state index is -0.109. The Morgan fingerprint density at radius 2 is 1.72 bits per heavy atom. The van der Waals surface area contributed by atoms with Crippen LogP contribution in [0.5, 0.6) is 0 Å². The lowest BCUT2D eigenvalue weighted by Gasteiger charge is -2.61. The number of hydrogen-bond donors (Lipinski definition) is 1. The van der Waals surface area contributed by atoms with Gasteiger partial charge in [-0.1, -0.05) is 33.6 Å². The van der Waals surface area contributed by atoms with Gasteiger partial charge in [-0.25, -0.2) is 0 Å². The van der Waals surface area contributed by atoms with E-state index in [2.05, 4.69) is 27.7 Å². The van der Waals surface area contributed by atoms with Crippen molar-refractivity contribution < 1.29 is 5.11 Å². The van der Waals surface area contributed by atoms with Crippen LogP contribution in [0.15, 0.2) is 0 Å². The predicted molar refractivity (Wildman–Crippen MR) is 105 cm³/mol. The first-order valence-corrected chi connectivity index (χ1v) is 11.7. The monoisotopic (exact) mass is 346 g/mol. The van der Waals surface area contributed by atoms with E-state index in [0.29, 0.717) is 16.7 Å². The largest absolute Gasteiger partial charge is 0.393 e. The van der Waals surface area contributed by atoms with Gasteiger partial charge in [-0.2, -0.15) is 0 Å². The van der Waals surface area contributed by atoms with Gasteiger partial charge in [0.05, 0.1) is 6.10 Å². The van der Waals surface area contributed by atoms with E-state index in [9.17, 15) is 5.11 Å². The second kappa shape index (κ2) is 6.54. The maximum Gasteiger partial charge on any atom is 0.0545 e. The zero-order valence-corrected chi connectivity index (χ0v) is 17.3. The SMILES string of the molecule is CCCC1(C2CC2)C(CC)CCC2C3CCC(C(C)O)C3(C)CCC21. The summed E-state index contributed by atoms with van der Waals surface area (Å²) in [5.41, 5.74) is 1.12. The van der Waals surface area contributed by atoms with E-state index in [4.69, 9.17) is 0 Å². The molecule has 0 aromatic carbocycles. The molecule has 4 rings (SSSR count). The van der Waals surface area contributed by atoms with Gasteiger partial charge in [0.1, 0.15) is 0 Å². The summed E-state index contributed by atoms with van der Waals surface area (Å²) in [6.45, 7) is 9.53. The van der Waals surface area contributed by atoms with Crippen molar-refractivity contribution in [1.29, 1.82) is 0 Å². The maximum atomic E-state index is 10.4. The van der Waals surface area contributed by atoms with Crippen molar-refractivity contribution in [3.05, 3.63) is 0 Å². The molecule has 1 heteroatoms. The molecule has 144 valence electrons. The fourth-order valence-corrected chi connectivity index (χ4v) is 9.02. The molecular formula is C24H42O. The Hall–Kier alpha value is -0.0400. The molecule has 0 radical (unpaired) electrons. The molecule has 0 saturated heterocycles. The van der Waals surface area contributed by atoms with E-state index in [1.165, 1.54) is 70.6 Å². The molecule has 8 unspecified atom stereocenters. The first kappa shape index (κ1) is 18.3. The maximum absolute atomic E-state index is 10.4. The second-order valence-electron chi connectivity index (χ2n) is 10.7. The van der Waals surface area contributed by atoms with Crippen molar-refractivity contribution >= 4 is 0 Å². The van der Waals surface area contributed by atoms with E-state index in [1.807, 2.05) is 0 Å². The lowest BCUT2D eigenvalue weighted by atomic mass is 9.44. The molecule has 8 atom stereocenters. The predicted octanol–water partition coefficient (Wildman–Crippen LogP) is 6.44. The second-order valence-corrected chi connectivity index (χ2v) is 10.7. The molecule has 4 fully saturated rings. The summed E-state index contributed by atoms with van der Waals surface area (Å²) >= 11 is 0. The minimum Gasteiger partial charge on any atom is -0.393 e. The van der Waals surface area contributed by atoms with Crippen molar-refractivity contribution in [1.82, 2.24) is 0 Å². The van der Waals surface area contributed by atoms with Crippen LogP contribution in [0, 0.1) is 46.3 Å². The van der Waals surface area contributed by atoms with Crippen LogP contribution in [0.2, 0.25) is 0 Å². The zero-order chi connectivity index (χ0) is 17.8. The van der Waals surface area contributed by atoms with Crippen molar-refractivity contribution in [2.45, 2.75) is 104 Å². The minimum absolute atomic E-state index is 0.109. The Labute approximate surface area is 156 Å². The molecule has 0 bridgehead atoms. The lowest BCUT2D eigenvalue weighted by Crippen LogP contribution is -2.54. The van der Waals surface area contributed by atoms with E-state index < -0.39 is 0 Å². The van der Waals surface area contributed by atoms with Crippen LogP contribution in [-0.4, -0.2) is 11.2 Å². The molecule has 0 amide bonds. The average molecular weight is 347 g/mol. The molecule has 4 aliphatic carbocycles. The third kappa shape index (κ3) is 2.58. The average Bonchev–Trinajstić information content (AvgIpc) is 3.36. The number of rotatable bonds is 5. The summed E-state index contributed by atoms with van der Waals surface area (Å²) in [5.74, 6) is 5.49. The fraction of sp³-hybridized carbons (Fsp3) is 1.00. The van der Waals surface area contributed by atoms with Crippen molar-refractivity contribution in [3.63, 3.8) is 0 Å². The van der Waals surface area contributed by atoms with Gasteiger partial charge in [0, 0.05) is 0 Å². The molecule has 1 nitrogen and oxygen atoms in total. The Morgan fingerprint density at radius 1 is 0.960 bits per heavy atom. The van der Waals surface area contributed by atoms with Gasteiger partial charge < -0.3 is 5.11 Å². The van der Waals surface area contributed by atoms with Gasteiger partial charge in [0.15, 0.2) is 0 Å². The van der Waals surface area contributed by atoms with Crippen LogP contribution in [0.3, 0.4) is 0 Å². The van der Waals surface area contributed by atoms with E-state index in [1.54, 1.807) is 0 Å². The molecular weight excluding hydrogens is 304 g/mol. The van der Waals surface area contributed by atoms with Crippen LogP contribution in [0.4, 0.5) is 0 Å². The number of fused-ring (bicyclic) bond motifs is 3. The Bertz CT molecular complexity index is 480. The highest BCUT2D eigenvalue weighted by Gasteiger charge is 2.63. The summed E-state index contributed by atoms with van der Waals surface area (Å²) < 4.78 is 0. The molecule has 1 N–H and O–H groups in total. The number of aliphatic hydroxyl groups excluding tert-OH is 1. The molecule has 0 aromatic heterocycles. The molecule has 0 heterocycles. The Kier molecular flexibility index (Phi) is 4.79. The summed E-state index contributed by atoms with van der Waals surface area (Å²) in [7, 11) is 0. The zero-order valence-electron chi connectivity index (χ0n) is 17.3. The summed E-state index contributed by atoms with van der Waals surface area (Å²) in [6, 6.07) is 0. The van der Waals surface area contributed by atoms with E-state index in [-0.39, 0.29) is 6.10 Å². The molecule has 0 aromatic rings. The molecule has 0 spiro atoms. The number of hydrogen-bond acceptors (Lipinski definition) is 1. The summed E-state index contributed by atoms with van der Waals surface area (Å²) in [6.07, 6.45) is 15.8. The highest BCUT2D eigenvalue weighted by Crippen LogP contribution is 2.71. The van der Waals surface area contributed by atoms with Gasteiger partial charge in [0.2, 0.25) is 0 Å².